The molecule has 1 aliphatic carbocycles. The van der Waals surface area contributed by atoms with E-state index < -0.39 is 11.8 Å². The number of benzene rings is 1. The standard InChI is InChI=1S/C20H26FNO3/c1-25-20(24)15-8-7-14(17(21)11-15)12-18(23)19-16(9-10-22-19)13-5-3-2-4-6-13/h7-8,11,13,16,19,22H,2-6,9-10,12H2,1H3/t16-,19-/m0/s1. The molecule has 2 fully saturated rings. The Morgan fingerprint density at radius 1 is 1.20 bits per heavy atom. The van der Waals surface area contributed by atoms with Crippen LogP contribution in [0.2, 0.25) is 0 Å². The van der Waals surface area contributed by atoms with Crippen molar-refractivity contribution in [3.8, 4) is 0 Å². The minimum Gasteiger partial charge on any atom is -0.465 e. The van der Waals surface area contributed by atoms with Gasteiger partial charge in [-0.25, -0.2) is 9.18 Å². The Hall–Kier alpha value is -1.75. The van der Waals surface area contributed by atoms with Gasteiger partial charge in [0.25, 0.3) is 0 Å². The number of ether oxygens (including phenoxy) is 1. The molecule has 0 bridgehead atoms. The smallest absolute Gasteiger partial charge is 0.337 e. The first kappa shape index (κ1) is 18.1. The molecule has 1 heterocycles. The fraction of sp³-hybridized carbons (Fsp3) is 0.600. The topological polar surface area (TPSA) is 55.4 Å². The van der Waals surface area contributed by atoms with Crippen LogP contribution in [0.4, 0.5) is 4.39 Å². The van der Waals surface area contributed by atoms with Crippen LogP contribution in [-0.4, -0.2) is 31.4 Å². The van der Waals surface area contributed by atoms with Crippen molar-refractivity contribution in [1.29, 1.82) is 0 Å². The summed E-state index contributed by atoms with van der Waals surface area (Å²) in [6, 6.07) is 4.01. The summed E-state index contributed by atoms with van der Waals surface area (Å²) in [6.07, 6.45) is 7.32. The Labute approximate surface area is 148 Å². The number of Topliss-reactive ketones (excluding diaryl/α,β-unsaturated/α-hetero) is 1. The van der Waals surface area contributed by atoms with Gasteiger partial charge in [-0.15, -0.1) is 0 Å². The average molecular weight is 347 g/mol. The lowest BCUT2D eigenvalue weighted by Gasteiger charge is -2.30. The van der Waals surface area contributed by atoms with Gasteiger partial charge in [-0.1, -0.05) is 38.2 Å². The monoisotopic (exact) mass is 347 g/mol. The normalized spacial score (nSPS) is 24.2. The molecule has 0 radical (unpaired) electrons. The van der Waals surface area contributed by atoms with E-state index in [1.807, 2.05) is 0 Å². The van der Waals surface area contributed by atoms with Crippen molar-refractivity contribution in [3.63, 3.8) is 0 Å². The lowest BCUT2D eigenvalue weighted by molar-refractivity contribution is -0.121. The highest BCUT2D eigenvalue weighted by molar-refractivity contribution is 5.90. The summed E-state index contributed by atoms with van der Waals surface area (Å²) in [5, 5.41) is 3.34. The van der Waals surface area contributed by atoms with Gasteiger partial charge in [0.05, 0.1) is 18.7 Å². The molecule has 1 N–H and O–H groups in total. The first-order valence-corrected chi connectivity index (χ1v) is 9.23. The third-order valence-corrected chi connectivity index (χ3v) is 5.71. The SMILES string of the molecule is COC(=O)c1ccc(CC(=O)[C@H]2NCC[C@H]2C2CCCCC2)c(F)c1. The summed E-state index contributed by atoms with van der Waals surface area (Å²) < 4.78 is 18.9. The molecular weight excluding hydrogens is 321 g/mol. The van der Waals surface area contributed by atoms with Crippen molar-refractivity contribution >= 4 is 11.8 Å². The van der Waals surface area contributed by atoms with Gasteiger partial charge in [-0.2, -0.15) is 0 Å². The number of halogens is 1. The van der Waals surface area contributed by atoms with Crippen molar-refractivity contribution < 1.29 is 18.7 Å². The van der Waals surface area contributed by atoms with Crippen LogP contribution in [0.3, 0.4) is 0 Å². The van der Waals surface area contributed by atoms with E-state index in [9.17, 15) is 14.0 Å². The van der Waals surface area contributed by atoms with E-state index in [1.165, 1.54) is 51.3 Å². The zero-order valence-corrected chi connectivity index (χ0v) is 14.7. The number of hydrogen-bond donors (Lipinski definition) is 1. The highest BCUT2D eigenvalue weighted by atomic mass is 19.1. The molecule has 1 saturated carbocycles. The second kappa shape index (κ2) is 8.09. The number of methoxy groups -OCH3 is 1. The number of carbonyl (C=O) groups excluding carboxylic acids is 2. The molecule has 2 aliphatic rings. The van der Waals surface area contributed by atoms with Gasteiger partial charge in [-0.05, 0) is 42.5 Å². The molecule has 1 saturated heterocycles. The van der Waals surface area contributed by atoms with E-state index >= 15 is 0 Å². The minimum atomic E-state index is -0.577. The Bertz CT molecular complexity index is 640. The molecule has 0 aromatic heterocycles. The van der Waals surface area contributed by atoms with Gasteiger partial charge in [0.2, 0.25) is 0 Å². The maximum absolute atomic E-state index is 14.3. The maximum Gasteiger partial charge on any atom is 0.337 e. The predicted octanol–water partition coefficient (Wildman–Crippen LogP) is 3.28. The van der Waals surface area contributed by atoms with Crippen LogP contribution in [0, 0.1) is 17.7 Å². The lowest BCUT2D eigenvalue weighted by Crippen LogP contribution is -2.40. The van der Waals surface area contributed by atoms with Gasteiger partial charge < -0.3 is 10.1 Å². The van der Waals surface area contributed by atoms with E-state index in [0.29, 0.717) is 17.4 Å². The molecule has 0 amide bonds. The second-order valence-corrected chi connectivity index (χ2v) is 7.22. The quantitative estimate of drug-likeness (QED) is 0.831. The Kier molecular flexibility index (Phi) is 5.84. The summed E-state index contributed by atoms with van der Waals surface area (Å²) in [5.74, 6) is -0.0534. The van der Waals surface area contributed by atoms with Crippen molar-refractivity contribution in [2.75, 3.05) is 13.7 Å². The van der Waals surface area contributed by atoms with Crippen LogP contribution < -0.4 is 5.32 Å². The minimum absolute atomic E-state index is 0.0535. The van der Waals surface area contributed by atoms with Crippen LogP contribution in [0.25, 0.3) is 0 Å². The number of esters is 1. The van der Waals surface area contributed by atoms with E-state index in [-0.39, 0.29) is 23.8 Å². The largest absolute Gasteiger partial charge is 0.465 e. The third-order valence-electron chi connectivity index (χ3n) is 5.71. The van der Waals surface area contributed by atoms with Crippen LogP contribution in [0.5, 0.6) is 0 Å². The highest BCUT2D eigenvalue weighted by Gasteiger charge is 2.37. The summed E-state index contributed by atoms with van der Waals surface area (Å²) in [5.41, 5.74) is 0.504. The molecular formula is C20H26FNO3. The van der Waals surface area contributed by atoms with E-state index in [4.69, 9.17) is 0 Å². The Morgan fingerprint density at radius 3 is 2.64 bits per heavy atom. The fourth-order valence-corrected chi connectivity index (χ4v) is 4.38. The molecule has 1 aromatic carbocycles. The van der Waals surface area contributed by atoms with Gasteiger partial charge in [0, 0.05) is 6.42 Å². The fourth-order valence-electron chi connectivity index (χ4n) is 4.38. The van der Waals surface area contributed by atoms with E-state index in [0.717, 1.165) is 19.0 Å². The first-order chi connectivity index (χ1) is 12.1. The molecule has 1 aliphatic heterocycles. The molecule has 3 rings (SSSR count). The highest BCUT2D eigenvalue weighted by Crippen LogP contribution is 2.36. The Morgan fingerprint density at radius 2 is 1.96 bits per heavy atom. The zero-order chi connectivity index (χ0) is 17.8. The number of ketones is 1. The van der Waals surface area contributed by atoms with Crippen molar-refractivity contribution in [2.45, 2.75) is 51.0 Å². The first-order valence-electron chi connectivity index (χ1n) is 9.23. The third kappa shape index (κ3) is 4.09. The molecule has 2 atom stereocenters. The summed E-state index contributed by atoms with van der Waals surface area (Å²) >= 11 is 0. The van der Waals surface area contributed by atoms with Crippen LogP contribution in [-0.2, 0) is 16.0 Å². The number of nitrogens with one attached hydrogen (secondary N) is 1. The average Bonchev–Trinajstić information content (AvgIpc) is 3.13. The number of carbonyl (C=O) groups is 2. The zero-order valence-electron chi connectivity index (χ0n) is 14.7. The molecule has 1 aromatic rings. The van der Waals surface area contributed by atoms with Crippen LogP contribution in [0.1, 0.15) is 54.4 Å². The van der Waals surface area contributed by atoms with Crippen molar-refractivity contribution in [1.82, 2.24) is 5.32 Å². The van der Waals surface area contributed by atoms with Gasteiger partial charge >= 0.3 is 5.97 Å². The van der Waals surface area contributed by atoms with E-state index in [1.54, 1.807) is 0 Å². The molecule has 25 heavy (non-hydrogen) atoms. The molecule has 0 spiro atoms. The number of hydrogen-bond acceptors (Lipinski definition) is 4. The van der Waals surface area contributed by atoms with E-state index in [2.05, 4.69) is 10.1 Å². The van der Waals surface area contributed by atoms with Crippen LogP contribution in [0.15, 0.2) is 18.2 Å². The summed E-state index contributed by atoms with van der Waals surface area (Å²) in [6.45, 7) is 0.862. The summed E-state index contributed by atoms with van der Waals surface area (Å²) in [7, 11) is 1.26. The molecule has 5 heteroatoms. The lowest BCUT2D eigenvalue weighted by atomic mass is 9.75. The predicted molar refractivity (Wildman–Crippen MR) is 92.9 cm³/mol. The van der Waals surface area contributed by atoms with Gasteiger partial charge in [-0.3, -0.25) is 4.79 Å². The molecule has 4 nitrogen and oxygen atoms in total. The van der Waals surface area contributed by atoms with Crippen LogP contribution >= 0.6 is 0 Å². The molecule has 136 valence electrons. The molecule has 0 unspecified atom stereocenters. The van der Waals surface area contributed by atoms with Gasteiger partial charge in [0.15, 0.2) is 5.78 Å². The second-order valence-electron chi connectivity index (χ2n) is 7.22. The van der Waals surface area contributed by atoms with Gasteiger partial charge in [0.1, 0.15) is 5.82 Å². The number of rotatable bonds is 5. The summed E-state index contributed by atoms with van der Waals surface area (Å²) in [4.78, 5) is 24.2. The Balaban J connectivity index is 1.67. The van der Waals surface area contributed by atoms with Crippen molar-refractivity contribution in [2.24, 2.45) is 11.8 Å². The maximum atomic E-state index is 14.3. The van der Waals surface area contributed by atoms with Crippen molar-refractivity contribution in [3.05, 3.63) is 35.1 Å².